The van der Waals surface area contributed by atoms with E-state index in [9.17, 15) is 18.0 Å². The van der Waals surface area contributed by atoms with Crippen LogP contribution in [0.3, 0.4) is 0 Å². The third-order valence-electron chi connectivity index (χ3n) is 5.31. The number of nitrogens with one attached hydrogen (secondary N) is 1. The Hall–Kier alpha value is -2.77. The van der Waals surface area contributed by atoms with Crippen LogP contribution in [-0.2, 0) is 6.18 Å². The van der Waals surface area contributed by atoms with Gasteiger partial charge in [0.15, 0.2) is 0 Å². The van der Waals surface area contributed by atoms with Crippen molar-refractivity contribution in [2.75, 3.05) is 24.6 Å². The van der Waals surface area contributed by atoms with E-state index in [-0.39, 0.29) is 11.9 Å². The Kier molecular flexibility index (Phi) is 7.41. The van der Waals surface area contributed by atoms with Crippen LogP contribution in [0.2, 0.25) is 0 Å². The van der Waals surface area contributed by atoms with Crippen molar-refractivity contribution in [2.24, 2.45) is 5.92 Å². The summed E-state index contributed by atoms with van der Waals surface area (Å²) in [6.45, 7) is 6.16. The van der Waals surface area contributed by atoms with Crippen molar-refractivity contribution in [3.63, 3.8) is 0 Å². The number of piperidine rings is 1. The van der Waals surface area contributed by atoms with Crippen molar-refractivity contribution in [3.8, 4) is 5.75 Å². The van der Waals surface area contributed by atoms with Crippen LogP contribution in [0.1, 0.15) is 49.0 Å². The van der Waals surface area contributed by atoms with E-state index in [4.69, 9.17) is 4.74 Å². The second-order valence-corrected chi connectivity index (χ2v) is 8.19. The molecule has 1 aromatic carbocycles. The van der Waals surface area contributed by atoms with Crippen molar-refractivity contribution < 1.29 is 22.7 Å². The number of hydrogen-bond acceptors (Lipinski definition) is 4. The van der Waals surface area contributed by atoms with Crippen LogP contribution >= 0.6 is 0 Å². The first kappa shape index (κ1) is 22.9. The highest BCUT2D eigenvalue weighted by atomic mass is 19.4. The quantitative estimate of drug-likeness (QED) is 0.671. The highest BCUT2D eigenvalue weighted by Gasteiger charge is 2.31. The average molecular weight is 435 g/mol. The van der Waals surface area contributed by atoms with E-state index in [0.29, 0.717) is 49.8 Å². The van der Waals surface area contributed by atoms with Gasteiger partial charge in [-0.1, -0.05) is 13.8 Å². The lowest BCUT2D eigenvalue weighted by Crippen LogP contribution is -2.45. The molecule has 2 aromatic rings. The molecule has 3 rings (SSSR count). The summed E-state index contributed by atoms with van der Waals surface area (Å²) in [4.78, 5) is 18.4. The Balaban J connectivity index is 1.46. The minimum absolute atomic E-state index is 0.0140. The summed E-state index contributed by atoms with van der Waals surface area (Å²) in [6.07, 6.45) is -1.15. The normalized spacial score (nSPS) is 15.2. The number of anilines is 1. The molecule has 1 amide bonds. The summed E-state index contributed by atoms with van der Waals surface area (Å²) in [5.74, 6) is 1.70. The van der Waals surface area contributed by atoms with Crippen LogP contribution < -0.4 is 15.0 Å². The van der Waals surface area contributed by atoms with Gasteiger partial charge in [0.05, 0.1) is 12.2 Å². The van der Waals surface area contributed by atoms with Gasteiger partial charge in [-0.05, 0) is 61.6 Å². The van der Waals surface area contributed by atoms with E-state index in [1.54, 1.807) is 24.3 Å². The zero-order valence-corrected chi connectivity index (χ0v) is 17.8. The Bertz CT molecular complexity index is 844. The molecule has 0 aliphatic carbocycles. The molecule has 0 radical (unpaired) electrons. The van der Waals surface area contributed by atoms with Crippen molar-refractivity contribution in [1.82, 2.24) is 10.3 Å². The zero-order chi connectivity index (χ0) is 22.4. The maximum Gasteiger partial charge on any atom is 0.417 e. The number of ether oxygens (including phenoxy) is 1. The number of carbonyl (C=O) groups excluding carboxylic acids is 1. The highest BCUT2D eigenvalue weighted by Crippen LogP contribution is 2.29. The van der Waals surface area contributed by atoms with Crippen LogP contribution in [0, 0.1) is 5.92 Å². The molecule has 8 heteroatoms. The summed E-state index contributed by atoms with van der Waals surface area (Å²) in [6, 6.07) is 9.56. The maximum absolute atomic E-state index is 12.7. The van der Waals surface area contributed by atoms with E-state index in [2.05, 4.69) is 24.1 Å². The molecule has 0 bridgehead atoms. The molecule has 0 unspecified atom stereocenters. The van der Waals surface area contributed by atoms with Crippen LogP contribution in [0.5, 0.6) is 5.75 Å². The fourth-order valence-electron chi connectivity index (χ4n) is 3.38. The first-order valence-corrected chi connectivity index (χ1v) is 10.5. The molecule has 1 N–H and O–H groups in total. The topological polar surface area (TPSA) is 54.5 Å². The van der Waals surface area contributed by atoms with Crippen LogP contribution in [0.15, 0.2) is 42.6 Å². The number of carbonyl (C=O) groups is 1. The minimum Gasteiger partial charge on any atom is -0.494 e. The molecule has 1 aliphatic heterocycles. The first-order chi connectivity index (χ1) is 14.7. The summed E-state index contributed by atoms with van der Waals surface area (Å²) >= 11 is 0. The number of amides is 1. The van der Waals surface area contributed by atoms with Crippen molar-refractivity contribution in [2.45, 2.75) is 45.3 Å². The fourth-order valence-corrected chi connectivity index (χ4v) is 3.38. The van der Waals surface area contributed by atoms with Crippen LogP contribution in [-0.4, -0.2) is 36.6 Å². The van der Waals surface area contributed by atoms with Crippen molar-refractivity contribution in [1.29, 1.82) is 0 Å². The van der Waals surface area contributed by atoms with Gasteiger partial charge >= 0.3 is 6.18 Å². The Morgan fingerprint density at radius 1 is 1.16 bits per heavy atom. The van der Waals surface area contributed by atoms with E-state index in [1.165, 1.54) is 6.07 Å². The number of rotatable bonds is 7. The second kappa shape index (κ2) is 10.0. The van der Waals surface area contributed by atoms with E-state index in [0.717, 1.165) is 24.4 Å². The fraction of sp³-hybridized carbons (Fsp3) is 0.478. The lowest BCUT2D eigenvalue weighted by molar-refractivity contribution is -0.137. The van der Waals surface area contributed by atoms with Gasteiger partial charge in [0.25, 0.3) is 5.91 Å². The Morgan fingerprint density at radius 3 is 2.39 bits per heavy atom. The smallest absolute Gasteiger partial charge is 0.417 e. The zero-order valence-electron chi connectivity index (χ0n) is 17.8. The summed E-state index contributed by atoms with van der Waals surface area (Å²) in [5.41, 5.74) is -0.183. The first-order valence-electron chi connectivity index (χ1n) is 10.5. The molecule has 168 valence electrons. The molecule has 1 aromatic heterocycles. The third-order valence-corrected chi connectivity index (χ3v) is 5.31. The standard InChI is InChI=1S/C23H28F3N3O2/c1-16(2)11-14-31-20-6-3-17(4-7-20)22(30)28-19-9-12-29(13-10-19)21-8-5-18(15-27-21)23(24,25)26/h3-8,15-16,19H,9-14H2,1-2H3,(H,28,30). The lowest BCUT2D eigenvalue weighted by Gasteiger charge is -2.33. The van der Waals surface area contributed by atoms with Gasteiger partial charge in [0, 0.05) is 30.9 Å². The summed E-state index contributed by atoms with van der Waals surface area (Å²) in [7, 11) is 0. The third kappa shape index (κ3) is 6.60. The summed E-state index contributed by atoms with van der Waals surface area (Å²) < 4.78 is 43.7. The molecule has 0 spiro atoms. The van der Waals surface area contributed by atoms with Crippen LogP contribution in [0.4, 0.5) is 19.0 Å². The predicted molar refractivity (Wildman–Crippen MR) is 113 cm³/mol. The monoisotopic (exact) mass is 435 g/mol. The molecule has 5 nitrogen and oxygen atoms in total. The molecule has 0 atom stereocenters. The molecule has 1 fully saturated rings. The van der Waals surface area contributed by atoms with Gasteiger partial charge in [-0.15, -0.1) is 0 Å². The van der Waals surface area contributed by atoms with E-state index < -0.39 is 11.7 Å². The van der Waals surface area contributed by atoms with Gasteiger partial charge in [0.2, 0.25) is 0 Å². The Labute approximate surface area is 180 Å². The molecule has 1 saturated heterocycles. The molecular formula is C23H28F3N3O2. The van der Waals surface area contributed by atoms with Crippen molar-refractivity contribution in [3.05, 3.63) is 53.7 Å². The van der Waals surface area contributed by atoms with Gasteiger partial charge < -0.3 is 15.0 Å². The van der Waals surface area contributed by atoms with Crippen molar-refractivity contribution >= 4 is 11.7 Å². The van der Waals surface area contributed by atoms with Gasteiger partial charge in [-0.25, -0.2) is 4.98 Å². The van der Waals surface area contributed by atoms with Gasteiger partial charge in [0.1, 0.15) is 11.6 Å². The molecule has 1 aliphatic rings. The number of aromatic nitrogens is 1. The van der Waals surface area contributed by atoms with Gasteiger partial charge in [-0.2, -0.15) is 13.2 Å². The number of nitrogens with zero attached hydrogens (tertiary/aromatic N) is 2. The highest BCUT2D eigenvalue weighted by molar-refractivity contribution is 5.94. The lowest BCUT2D eigenvalue weighted by atomic mass is 10.0. The largest absolute Gasteiger partial charge is 0.494 e. The maximum atomic E-state index is 12.7. The molecular weight excluding hydrogens is 407 g/mol. The van der Waals surface area contributed by atoms with E-state index >= 15 is 0 Å². The minimum atomic E-state index is -4.39. The molecule has 0 saturated carbocycles. The average Bonchev–Trinajstić information content (AvgIpc) is 2.74. The van der Waals surface area contributed by atoms with Gasteiger partial charge in [-0.3, -0.25) is 4.79 Å². The molecule has 31 heavy (non-hydrogen) atoms. The number of halogens is 3. The second-order valence-electron chi connectivity index (χ2n) is 8.19. The SMILES string of the molecule is CC(C)CCOc1ccc(C(=O)NC2CCN(c3ccc(C(F)(F)F)cn3)CC2)cc1. The number of benzene rings is 1. The predicted octanol–water partition coefficient (Wildman–Crippen LogP) is 4.92. The number of hydrogen-bond donors (Lipinski definition) is 1. The Morgan fingerprint density at radius 2 is 1.84 bits per heavy atom. The summed E-state index contributed by atoms with van der Waals surface area (Å²) in [5, 5.41) is 3.04. The van der Waals surface area contributed by atoms with Crippen LogP contribution in [0.25, 0.3) is 0 Å². The number of pyridine rings is 1. The number of alkyl halides is 3. The molecule has 2 heterocycles. The van der Waals surface area contributed by atoms with E-state index in [1.807, 2.05) is 4.90 Å².